The minimum atomic E-state index is -4.84. The van der Waals surface area contributed by atoms with E-state index in [9.17, 15) is 23.2 Å². The standard InChI is InChI=1S/C25H20F3N3O/c26-25(27,28)21-15-23(18-11-5-2-6-12-18)31(24(32)20(21)16-29)30-22-14-8-7-13-19(22)17-9-3-1-4-10-17/h1-6,9-12,15,19H,7-8,13-14H2/b30-22+. The second-order valence-corrected chi connectivity index (χ2v) is 7.71. The van der Waals surface area contributed by atoms with E-state index in [1.165, 1.54) is 6.07 Å². The third-order valence-electron chi connectivity index (χ3n) is 5.68. The van der Waals surface area contributed by atoms with Crippen LogP contribution in [0.4, 0.5) is 13.2 Å². The topological polar surface area (TPSA) is 58.1 Å². The molecule has 0 N–H and O–H groups in total. The maximum absolute atomic E-state index is 13.6. The molecule has 7 heteroatoms. The molecule has 1 unspecified atom stereocenters. The van der Waals surface area contributed by atoms with Crippen molar-refractivity contribution in [3.8, 4) is 17.3 Å². The Balaban J connectivity index is 1.97. The normalized spacial score (nSPS) is 17.8. The summed E-state index contributed by atoms with van der Waals surface area (Å²) < 4.78 is 41.9. The van der Waals surface area contributed by atoms with Gasteiger partial charge >= 0.3 is 6.18 Å². The molecule has 1 aliphatic rings. The Labute approximate surface area is 183 Å². The van der Waals surface area contributed by atoms with E-state index in [2.05, 4.69) is 5.10 Å². The first-order valence-corrected chi connectivity index (χ1v) is 10.4. The van der Waals surface area contributed by atoms with Gasteiger partial charge < -0.3 is 0 Å². The number of benzene rings is 2. The second-order valence-electron chi connectivity index (χ2n) is 7.71. The SMILES string of the molecule is N#Cc1c(C(F)(F)F)cc(-c2ccccc2)n(/N=C2\CCCCC2c2ccccc2)c1=O. The van der Waals surface area contributed by atoms with Gasteiger partial charge in [0, 0.05) is 17.2 Å². The van der Waals surface area contributed by atoms with Crippen molar-refractivity contribution in [3.63, 3.8) is 0 Å². The highest BCUT2D eigenvalue weighted by atomic mass is 19.4. The average Bonchev–Trinajstić information content (AvgIpc) is 2.81. The molecule has 1 fully saturated rings. The fourth-order valence-electron chi connectivity index (χ4n) is 4.13. The van der Waals surface area contributed by atoms with Crippen LogP contribution in [0.25, 0.3) is 11.3 Å². The summed E-state index contributed by atoms with van der Waals surface area (Å²) in [4.78, 5) is 13.1. The Morgan fingerprint density at radius 2 is 1.66 bits per heavy atom. The van der Waals surface area contributed by atoms with E-state index in [0.717, 1.165) is 41.3 Å². The van der Waals surface area contributed by atoms with Crippen LogP contribution in [0.3, 0.4) is 0 Å². The number of hydrogen-bond donors (Lipinski definition) is 0. The lowest BCUT2D eigenvalue weighted by Crippen LogP contribution is -2.28. The lowest BCUT2D eigenvalue weighted by Gasteiger charge is -2.25. The molecule has 32 heavy (non-hydrogen) atoms. The smallest absolute Gasteiger partial charge is 0.266 e. The van der Waals surface area contributed by atoms with Gasteiger partial charge in [0.1, 0.15) is 11.6 Å². The molecule has 1 aromatic heterocycles. The largest absolute Gasteiger partial charge is 0.417 e. The van der Waals surface area contributed by atoms with Gasteiger partial charge in [-0.1, -0.05) is 67.1 Å². The molecule has 162 valence electrons. The Morgan fingerprint density at radius 3 is 2.28 bits per heavy atom. The van der Waals surface area contributed by atoms with Gasteiger partial charge in [0.2, 0.25) is 0 Å². The zero-order chi connectivity index (χ0) is 22.7. The maximum atomic E-state index is 13.6. The minimum absolute atomic E-state index is 0.00631. The van der Waals surface area contributed by atoms with Crippen LogP contribution < -0.4 is 5.56 Å². The van der Waals surface area contributed by atoms with E-state index >= 15 is 0 Å². The summed E-state index contributed by atoms with van der Waals surface area (Å²) in [5.74, 6) is -0.0340. The van der Waals surface area contributed by atoms with Gasteiger partial charge in [-0.3, -0.25) is 4.79 Å². The van der Waals surface area contributed by atoms with Crippen molar-refractivity contribution in [1.82, 2.24) is 4.68 Å². The molecule has 0 spiro atoms. The Kier molecular flexibility index (Phi) is 5.95. The fourth-order valence-corrected chi connectivity index (χ4v) is 4.13. The summed E-state index contributed by atoms with van der Waals surface area (Å²) >= 11 is 0. The van der Waals surface area contributed by atoms with Crippen LogP contribution in [0.5, 0.6) is 0 Å². The van der Waals surface area contributed by atoms with Crippen LogP contribution in [0.1, 0.15) is 48.3 Å². The quantitative estimate of drug-likeness (QED) is 0.509. The number of alkyl halides is 3. The highest BCUT2D eigenvalue weighted by molar-refractivity contribution is 5.91. The molecule has 1 atom stereocenters. The molecule has 2 aromatic carbocycles. The summed E-state index contributed by atoms with van der Waals surface area (Å²) in [6, 6.07) is 20.4. The number of aromatic nitrogens is 1. The zero-order valence-corrected chi connectivity index (χ0v) is 17.1. The van der Waals surface area contributed by atoms with Gasteiger partial charge in [-0.05, 0) is 30.9 Å². The number of rotatable bonds is 3. The van der Waals surface area contributed by atoms with Crippen molar-refractivity contribution in [3.05, 3.63) is 93.8 Å². The highest BCUT2D eigenvalue weighted by Gasteiger charge is 2.37. The van der Waals surface area contributed by atoms with Crippen LogP contribution in [0.15, 0.2) is 76.6 Å². The number of halogens is 3. The highest BCUT2D eigenvalue weighted by Crippen LogP contribution is 2.35. The lowest BCUT2D eigenvalue weighted by molar-refractivity contribution is -0.137. The van der Waals surface area contributed by atoms with Crippen LogP contribution >= 0.6 is 0 Å². The summed E-state index contributed by atoms with van der Waals surface area (Å²) in [7, 11) is 0. The summed E-state index contributed by atoms with van der Waals surface area (Å²) in [6.07, 6.45) is -1.50. The number of pyridine rings is 1. The van der Waals surface area contributed by atoms with Crippen molar-refractivity contribution in [2.24, 2.45) is 5.10 Å². The maximum Gasteiger partial charge on any atom is 0.417 e. The molecule has 4 nitrogen and oxygen atoms in total. The van der Waals surface area contributed by atoms with Crippen LogP contribution in [0, 0.1) is 11.3 Å². The van der Waals surface area contributed by atoms with Gasteiger partial charge in [0.25, 0.3) is 5.56 Å². The summed E-state index contributed by atoms with van der Waals surface area (Å²) in [6.45, 7) is 0. The zero-order valence-electron chi connectivity index (χ0n) is 17.1. The van der Waals surface area contributed by atoms with Crippen molar-refractivity contribution in [2.45, 2.75) is 37.8 Å². The van der Waals surface area contributed by atoms with Crippen LogP contribution in [-0.4, -0.2) is 10.4 Å². The molecule has 4 rings (SSSR count). The summed E-state index contributed by atoms with van der Waals surface area (Å²) in [5, 5.41) is 14.0. The van der Waals surface area contributed by atoms with E-state index in [0.29, 0.717) is 12.0 Å². The molecular weight excluding hydrogens is 415 g/mol. The van der Waals surface area contributed by atoms with Gasteiger partial charge in [-0.25, -0.2) is 0 Å². The first-order valence-electron chi connectivity index (χ1n) is 10.4. The fraction of sp³-hybridized carbons (Fsp3) is 0.240. The predicted molar refractivity (Wildman–Crippen MR) is 116 cm³/mol. The molecule has 0 saturated heterocycles. The molecular formula is C25H20F3N3O. The molecule has 1 heterocycles. The van der Waals surface area contributed by atoms with Gasteiger partial charge in [0.15, 0.2) is 0 Å². The van der Waals surface area contributed by atoms with E-state index in [4.69, 9.17) is 0 Å². The van der Waals surface area contributed by atoms with Crippen molar-refractivity contribution < 1.29 is 13.2 Å². The van der Waals surface area contributed by atoms with Crippen molar-refractivity contribution in [1.29, 1.82) is 5.26 Å². The van der Waals surface area contributed by atoms with Crippen LogP contribution in [-0.2, 0) is 6.18 Å². The van der Waals surface area contributed by atoms with E-state index in [1.807, 2.05) is 30.3 Å². The van der Waals surface area contributed by atoms with E-state index < -0.39 is 22.9 Å². The first-order chi connectivity index (χ1) is 15.4. The number of nitrogens with zero attached hydrogens (tertiary/aromatic N) is 3. The van der Waals surface area contributed by atoms with Gasteiger partial charge in [0.05, 0.1) is 11.3 Å². The molecule has 1 aliphatic carbocycles. The van der Waals surface area contributed by atoms with Gasteiger partial charge in [-0.2, -0.15) is 28.2 Å². The lowest BCUT2D eigenvalue weighted by atomic mass is 9.82. The van der Waals surface area contributed by atoms with Crippen LogP contribution in [0.2, 0.25) is 0 Å². The molecule has 3 aromatic rings. The molecule has 0 radical (unpaired) electrons. The molecule has 0 amide bonds. The Bertz CT molecular complexity index is 1240. The second kappa shape index (κ2) is 8.83. The number of hydrogen-bond acceptors (Lipinski definition) is 3. The van der Waals surface area contributed by atoms with Crippen molar-refractivity contribution in [2.75, 3.05) is 0 Å². The molecule has 0 aliphatic heterocycles. The van der Waals surface area contributed by atoms with E-state index in [1.54, 1.807) is 30.3 Å². The minimum Gasteiger partial charge on any atom is -0.266 e. The third kappa shape index (κ3) is 4.22. The molecule has 1 saturated carbocycles. The first kappa shape index (κ1) is 21.6. The predicted octanol–water partition coefficient (Wildman–Crippen LogP) is 5.97. The summed E-state index contributed by atoms with van der Waals surface area (Å²) in [5.41, 5.74) is -1.07. The number of nitriles is 1. The monoisotopic (exact) mass is 435 g/mol. The Morgan fingerprint density at radius 1 is 1.00 bits per heavy atom. The molecule has 0 bridgehead atoms. The van der Waals surface area contributed by atoms with Gasteiger partial charge in [-0.15, -0.1) is 0 Å². The Hall–Kier alpha value is -3.66. The van der Waals surface area contributed by atoms with E-state index in [-0.39, 0.29) is 11.6 Å². The van der Waals surface area contributed by atoms with Crippen molar-refractivity contribution >= 4 is 5.71 Å². The average molecular weight is 435 g/mol. The third-order valence-corrected chi connectivity index (χ3v) is 5.68.